The Balaban J connectivity index is 0.00000242. The highest BCUT2D eigenvalue weighted by Gasteiger charge is 2.33. The number of halogens is 4. The van der Waals surface area contributed by atoms with Crippen LogP contribution in [-0.4, -0.2) is 27.6 Å². The molecule has 0 heterocycles. The van der Waals surface area contributed by atoms with Gasteiger partial charge in [-0.25, -0.2) is 17.5 Å². The molecule has 0 saturated heterocycles. The van der Waals surface area contributed by atoms with E-state index in [-0.39, 0.29) is 29.8 Å². The van der Waals surface area contributed by atoms with E-state index in [1.807, 2.05) is 0 Å². The monoisotopic (exact) mass is 360 g/mol. The molecule has 1 saturated carbocycles. The second-order valence-electron chi connectivity index (χ2n) is 4.77. The van der Waals surface area contributed by atoms with Crippen LogP contribution < -0.4 is 15.2 Å². The van der Waals surface area contributed by atoms with Gasteiger partial charge in [-0.3, -0.25) is 0 Å². The van der Waals surface area contributed by atoms with Gasteiger partial charge < -0.3 is 10.5 Å². The zero-order valence-corrected chi connectivity index (χ0v) is 13.0. The van der Waals surface area contributed by atoms with Gasteiger partial charge in [0.25, 0.3) is 0 Å². The topological polar surface area (TPSA) is 81.4 Å². The van der Waals surface area contributed by atoms with E-state index >= 15 is 0 Å². The number of hydrogen-bond donors (Lipinski definition) is 2. The first kappa shape index (κ1) is 19.0. The lowest BCUT2D eigenvalue weighted by molar-refractivity contribution is -0.0522. The summed E-state index contributed by atoms with van der Waals surface area (Å²) in [5.41, 5.74) is 5.50. The zero-order chi connectivity index (χ0) is 15.6. The largest absolute Gasteiger partial charge is 0.432 e. The summed E-state index contributed by atoms with van der Waals surface area (Å²) in [6.45, 7) is -3.05. The van der Waals surface area contributed by atoms with Crippen LogP contribution in [0.3, 0.4) is 0 Å². The SMILES string of the molecule is Cl.NCC(NS(=O)(=O)c1ccc(OC(F)F)c(F)c1)C1CC1. The average Bonchev–Trinajstić information content (AvgIpc) is 3.22. The minimum atomic E-state index is -3.96. The Morgan fingerprint density at radius 2 is 2.00 bits per heavy atom. The molecule has 1 fully saturated rings. The Hall–Kier alpha value is -1.03. The highest BCUT2D eigenvalue weighted by molar-refractivity contribution is 7.89. The molecule has 1 aromatic rings. The van der Waals surface area contributed by atoms with Crippen molar-refractivity contribution in [2.75, 3.05) is 6.54 Å². The van der Waals surface area contributed by atoms with E-state index in [9.17, 15) is 21.6 Å². The molecule has 5 nitrogen and oxygen atoms in total. The van der Waals surface area contributed by atoms with Crippen molar-refractivity contribution in [3.63, 3.8) is 0 Å². The fourth-order valence-electron chi connectivity index (χ4n) is 1.94. The molecule has 0 radical (unpaired) electrons. The van der Waals surface area contributed by atoms with Gasteiger partial charge in [0.05, 0.1) is 4.90 Å². The molecule has 2 rings (SSSR count). The van der Waals surface area contributed by atoms with E-state index < -0.39 is 34.2 Å². The van der Waals surface area contributed by atoms with Crippen molar-refractivity contribution in [2.24, 2.45) is 11.7 Å². The van der Waals surface area contributed by atoms with Crippen LogP contribution >= 0.6 is 12.4 Å². The third kappa shape index (κ3) is 4.73. The van der Waals surface area contributed by atoms with Gasteiger partial charge in [0, 0.05) is 12.6 Å². The van der Waals surface area contributed by atoms with Crippen LogP contribution in [0.25, 0.3) is 0 Å². The van der Waals surface area contributed by atoms with Gasteiger partial charge in [-0.2, -0.15) is 8.78 Å². The van der Waals surface area contributed by atoms with Crippen molar-refractivity contribution < 1.29 is 26.3 Å². The van der Waals surface area contributed by atoms with Crippen molar-refractivity contribution in [3.05, 3.63) is 24.0 Å². The van der Waals surface area contributed by atoms with Crippen LogP contribution in [0, 0.1) is 11.7 Å². The molecule has 1 atom stereocenters. The number of nitrogens with two attached hydrogens (primary N) is 1. The summed E-state index contributed by atoms with van der Waals surface area (Å²) in [6, 6.07) is 2.09. The molecule has 1 aromatic carbocycles. The summed E-state index contributed by atoms with van der Waals surface area (Å²) in [5, 5.41) is 0. The minimum Gasteiger partial charge on any atom is -0.432 e. The fourth-order valence-corrected chi connectivity index (χ4v) is 3.27. The van der Waals surface area contributed by atoms with Crippen LogP contribution in [0.15, 0.2) is 23.1 Å². The second kappa shape index (κ2) is 7.49. The van der Waals surface area contributed by atoms with E-state index in [4.69, 9.17) is 5.73 Å². The molecule has 1 unspecified atom stereocenters. The summed E-state index contributed by atoms with van der Waals surface area (Å²) in [6.07, 6.45) is 1.78. The highest BCUT2D eigenvalue weighted by Crippen LogP contribution is 2.33. The molecular formula is C12H16ClF3N2O3S. The predicted molar refractivity (Wildman–Crippen MR) is 76.2 cm³/mol. The summed E-state index contributed by atoms with van der Waals surface area (Å²) in [5.74, 6) is -1.69. The first-order valence-corrected chi connectivity index (χ1v) is 7.78. The van der Waals surface area contributed by atoms with Crippen molar-refractivity contribution in [1.29, 1.82) is 0 Å². The van der Waals surface area contributed by atoms with E-state index in [0.29, 0.717) is 6.07 Å². The first-order chi connectivity index (χ1) is 9.83. The van der Waals surface area contributed by atoms with Gasteiger partial charge in [0.15, 0.2) is 11.6 Å². The third-order valence-corrected chi connectivity index (χ3v) is 4.67. The highest BCUT2D eigenvalue weighted by atomic mass is 35.5. The Morgan fingerprint density at radius 3 is 2.45 bits per heavy atom. The number of ether oxygens (including phenoxy) is 1. The van der Waals surface area contributed by atoms with Gasteiger partial charge in [-0.05, 0) is 37.0 Å². The number of rotatable bonds is 7. The van der Waals surface area contributed by atoms with Gasteiger partial charge in [-0.15, -0.1) is 12.4 Å². The Kier molecular flexibility index (Phi) is 6.48. The summed E-state index contributed by atoms with van der Waals surface area (Å²) >= 11 is 0. The molecule has 0 aliphatic heterocycles. The Bertz CT molecular complexity index is 612. The molecule has 10 heteroatoms. The maximum Gasteiger partial charge on any atom is 0.387 e. The number of alkyl halides is 2. The lowest BCUT2D eigenvalue weighted by atomic mass is 10.2. The maximum absolute atomic E-state index is 13.6. The average molecular weight is 361 g/mol. The van der Waals surface area contributed by atoms with Gasteiger partial charge >= 0.3 is 6.61 Å². The third-order valence-electron chi connectivity index (χ3n) is 3.18. The number of hydrogen-bond acceptors (Lipinski definition) is 4. The standard InChI is InChI=1S/C12H15F3N2O3S.ClH/c13-9-5-8(3-4-11(9)20-12(14)15)21(18,19)17-10(6-16)7-1-2-7;/h3-5,7,10,12,17H,1-2,6,16H2;1H. The molecule has 0 bridgehead atoms. The molecule has 0 aromatic heterocycles. The van der Waals surface area contributed by atoms with Crippen LogP contribution in [-0.2, 0) is 10.0 Å². The van der Waals surface area contributed by atoms with Crippen molar-refractivity contribution in [2.45, 2.75) is 30.4 Å². The van der Waals surface area contributed by atoms with Gasteiger partial charge in [-0.1, -0.05) is 0 Å². The summed E-state index contributed by atoms with van der Waals surface area (Å²) in [4.78, 5) is -0.360. The van der Waals surface area contributed by atoms with Crippen molar-refractivity contribution in [3.8, 4) is 5.75 Å². The van der Waals surface area contributed by atoms with E-state index in [1.54, 1.807) is 0 Å². The smallest absolute Gasteiger partial charge is 0.387 e. The van der Waals surface area contributed by atoms with Crippen LogP contribution in [0.1, 0.15) is 12.8 Å². The van der Waals surface area contributed by atoms with Crippen molar-refractivity contribution >= 4 is 22.4 Å². The lowest BCUT2D eigenvalue weighted by Gasteiger charge is -2.16. The minimum absolute atomic E-state index is 0. The van der Waals surface area contributed by atoms with Gasteiger partial charge in [0.2, 0.25) is 10.0 Å². The first-order valence-electron chi connectivity index (χ1n) is 6.30. The number of sulfonamides is 1. The molecule has 0 amide bonds. The maximum atomic E-state index is 13.6. The van der Waals surface area contributed by atoms with Gasteiger partial charge in [0.1, 0.15) is 0 Å². The van der Waals surface area contributed by atoms with E-state index in [1.165, 1.54) is 0 Å². The normalized spacial score (nSPS) is 16.2. The lowest BCUT2D eigenvalue weighted by Crippen LogP contribution is -2.41. The Morgan fingerprint density at radius 1 is 1.36 bits per heavy atom. The fraction of sp³-hybridized carbons (Fsp3) is 0.500. The molecule has 0 spiro atoms. The zero-order valence-electron chi connectivity index (χ0n) is 11.3. The van der Waals surface area contributed by atoms with Crippen LogP contribution in [0.2, 0.25) is 0 Å². The summed E-state index contributed by atoms with van der Waals surface area (Å²) in [7, 11) is -3.96. The molecule has 1 aliphatic rings. The van der Waals surface area contributed by atoms with E-state index in [0.717, 1.165) is 25.0 Å². The molecule has 1 aliphatic carbocycles. The molecule has 126 valence electrons. The van der Waals surface area contributed by atoms with Crippen LogP contribution in [0.4, 0.5) is 13.2 Å². The summed E-state index contributed by atoms with van der Waals surface area (Å²) < 4.78 is 68.1. The molecule has 3 N–H and O–H groups in total. The van der Waals surface area contributed by atoms with Crippen molar-refractivity contribution in [1.82, 2.24) is 4.72 Å². The number of benzene rings is 1. The Labute approximate surface area is 132 Å². The van der Waals surface area contributed by atoms with E-state index in [2.05, 4.69) is 9.46 Å². The second-order valence-corrected chi connectivity index (χ2v) is 6.49. The predicted octanol–water partition coefficient (Wildman–Crippen LogP) is 1.86. The molecule has 22 heavy (non-hydrogen) atoms. The van der Waals surface area contributed by atoms with Crippen LogP contribution in [0.5, 0.6) is 5.75 Å². The quantitative estimate of drug-likeness (QED) is 0.777. The number of nitrogens with one attached hydrogen (secondary N) is 1. The molecular weight excluding hydrogens is 345 g/mol.